The summed E-state index contributed by atoms with van der Waals surface area (Å²) in [4.78, 5) is 7.52. The highest BCUT2D eigenvalue weighted by atomic mass is 35.5. The summed E-state index contributed by atoms with van der Waals surface area (Å²) in [6.45, 7) is 3.81. The third kappa shape index (κ3) is 5.63. The van der Waals surface area contributed by atoms with Crippen LogP contribution >= 0.6 is 11.6 Å². The number of hydrogen-bond acceptors (Lipinski definition) is 1. The van der Waals surface area contributed by atoms with Gasteiger partial charge >= 0.3 is 0 Å². The Bertz CT molecular complexity index is 103. The number of hydrogen-bond donors (Lipinski definition) is 0. The first-order valence-electron chi connectivity index (χ1n) is 2.32. The average molecular weight is 133 g/mol. The second kappa shape index (κ2) is 4.78. The molecule has 0 aliphatic heterocycles. The molecular weight excluding hydrogens is 124 g/mol. The van der Waals surface area contributed by atoms with E-state index in [-0.39, 0.29) is 6.00 Å². The molecule has 0 aromatic rings. The fraction of sp³-hybridized carbons (Fsp3) is 0.600. The molecule has 0 aliphatic carbocycles. The zero-order chi connectivity index (χ0) is 6.41. The lowest BCUT2D eigenvalue weighted by molar-refractivity contribution is 1.36. The highest BCUT2D eigenvalue weighted by molar-refractivity contribution is 6.18. The minimum absolute atomic E-state index is 0.288. The third-order valence-corrected chi connectivity index (χ3v) is 0.605. The van der Waals surface area contributed by atoms with Gasteiger partial charge in [-0.3, -0.25) is 4.99 Å². The van der Waals surface area contributed by atoms with Crippen LogP contribution in [0.1, 0.15) is 13.8 Å². The van der Waals surface area contributed by atoms with E-state index in [4.69, 9.17) is 11.6 Å². The molecule has 0 aromatic heterocycles. The molecule has 0 saturated carbocycles. The van der Waals surface area contributed by atoms with Crippen molar-refractivity contribution in [1.82, 2.24) is 0 Å². The van der Waals surface area contributed by atoms with Gasteiger partial charge in [-0.2, -0.15) is 0 Å². The van der Waals surface area contributed by atoms with Gasteiger partial charge in [-0.05, 0) is 13.8 Å². The zero-order valence-electron chi connectivity index (χ0n) is 5.06. The van der Waals surface area contributed by atoms with Crippen LogP contribution in [0.4, 0.5) is 0 Å². The molecule has 2 nitrogen and oxygen atoms in total. The van der Waals surface area contributed by atoms with E-state index in [9.17, 15) is 0 Å². The lowest BCUT2D eigenvalue weighted by Gasteiger charge is -1.79. The summed E-state index contributed by atoms with van der Waals surface area (Å²) in [5, 5.41) is 0. The molecule has 0 amide bonds. The summed E-state index contributed by atoms with van der Waals surface area (Å²) in [5.41, 5.74) is 0.985. The predicted octanol–water partition coefficient (Wildman–Crippen LogP) is 1.69. The molecule has 0 unspecified atom stereocenters. The number of alkyl halides is 1. The summed E-state index contributed by atoms with van der Waals surface area (Å²) < 4.78 is 0. The molecule has 0 N–H and O–H groups in total. The van der Waals surface area contributed by atoms with Crippen molar-refractivity contribution in [3.05, 3.63) is 0 Å². The van der Waals surface area contributed by atoms with Crippen LogP contribution in [0.5, 0.6) is 0 Å². The lowest BCUT2D eigenvalue weighted by Crippen LogP contribution is -1.79. The van der Waals surface area contributed by atoms with E-state index in [2.05, 4.69) is 9.98 Å². The fourth-order valence-electron chi connectivity index (χ4n) is 0.187. The van der Waals surface area contributed by atoms with Crippen LogP contribution < -0.4 is 0 Å². The van der Waals surface area contributed by atoms with Crippen molar-refractivity contribution in [3.63, 3.8) is 0 Å². The standard InChI is InChI=1S/C5H9ClN2/c1-5(2)8-4-7-3-6/h4H,3H2,1-2H3/b7-4-. The Morgan fingerprint density at radius 2 is 2.25 bits per heavy atom. The Morgan fingerprint density at radius 1 is 1.62 bits per heavy atom. The molecule has 3 heteroatoms. The molecule has 0 saturated heterocycles. The van der Waals surface area contributed by atoms with E-state index < -0.39 is 0 Å². The Balaban J connectivity index is 3.42. The molecule has 0 aromatic carbocycles. The van der Waals surface area contributed by atoms with Crippen molar-refractivity contribution in [3.8, 4) is 0 Å². The topological polar surface area (TPSA) is 24.7 Å². The predicted molar refractivity (Wildman–Crippen MR) is 38.0 cm³/mol. The van der Waals surface area contributed by atoms with Gasteiger partial charge in [-0.15, -0.1) is 11.6 Å². The summed E-state index contributed by atoms with van der Waals surface area (Å²) in [6.07, 6.45) is 1.46. The van der Waals surface area contributed by atoms with Crippen molar-refractivity contribution in [2.45, 2.75) is 13.8 Å². The van der Waals surface area contributed by atoms with Gasteiger partial charge in [0.2, 0.25) is 0 Å². The number of rotatable bonds is 2. The van der Waals surface area contributed by atoms with Crippen molar-refractivity contribution in [1.29, 1.82) is 0 Å². The maximum absolute atomic E-state index is 5.22. The monoisotopic (exact) mass is 132 g/mol. The van der Waals surface area contributed by atoms with Gasteiger partial charge in [0.15, 0.2) is 0 Å². The summed E-state index contributed by atoms with van der Waals surface area (Å²) in [5.74, 6) is 0. The Labute approximate surface area is 54.3 Å². The number of aliphatic imine (C=N–C) groups is 2. The van der Waals surface area contributed by atoms with Crippen molar-refractivity contribution < 1.29 is 0 Å². The quantitative estimate of drug-likeness (QED) is 0.237. The van der Waals surface area contributed by atoms with Gasteiger partial charge < -0.3 is 0 Å². The van der Waals surface area contributed by atoms with Gasteiger partial charge in [0.05, 0.1) is 0 Å². The Hall–Kier alpha value is -0.370. The van der Waals surface area contributed by atoms with E-state index in [1.165, 1.54) is 6.34 Å². The minimum atomic E-state index is 0.288. The molecule has 0 spiro atoms. The van der Waals surface area contributed by atoms with Gasteiger partial charge in [-0.1, -0.05) is 0 Å². The molecule has 0 fully saturated rings. The summed E-state index contributed by atoms with van der Waals surface area (Å²) >= 11 is 5.22. The minimum Gasteiger partial charge on any atom is -0.257 e. The van der Waals surface area contributed by atoms with Crippen molar-refractivity contribution in [2.75, 3.05) is 6.00 Å². The van der Waals surface area contributed by atoms with E-state index >= 15 is 0 Å². The maximum Gasteiger partial charge on any atom is 0.115 e. The fourth-order valence-corrected chi connectivity index (χ4v) is 0.249. The SMILES string of the molecule is CC(C)=N/C=N\CCl. The zero-order valence-corrected chi connectivity index (χ0v) is 5.81. The van der Waals surface area contributed by atoms with E-state index in [0.29, 0.717) is 0 Å². The van der Waals surface area contributed by atoms with Crippen LogP contribution in [-0.2, 0) is 0 Å². The van der Waals surface area contributed by atoms with E-state index in [0.717, 1.165) is 5.71 Å². The van der Waals surface area contributed by atoms with Crippen LogP contribution in [0.15, 0.2) is 9.98 Å². The second-order valence-corrected chi connectivity index (χ2v) is 1.73. The first kappa shape index (κ1) is 7.63. The van der Waals surface area contributed by atoms with Crippen molar-refractivity contribution >= 4 is 23.7 Å². The van der Waals surface area contributed by atoms with E-state index in [1.807, 2.05) is 13.8 Å². The van der Waals surface area contributed by atoms with Gasteiger partial charge in [0.25, 0.3) is 0 Å². The summed E-state index contributed by atoms with van der Waals surface area (Å²) in [6, 6.07) is 0.288. The molecule has 0 aliphatic rings. The summed E-state index contributed by atoms with van der Waals surface area (Å²) in [7, 11) is 0. The van der Waals surface area contributed by atoms with Crippen LogP contribution in [0, 0.1) is 0 Å². The van der Waals surface area contributed by atoms with Gasteiger partial charge in [-0.25, -0.2) is 4.99 Å². The highest BCUT2D eigenvalue weighted by Crippen LogP contribution is 1.74. The average Bonchev–Trinajstić information content (AvgIpc) is 1.66. The molecule has 0 heterocycles. The van der Waals surface area contributed by atoms with E-state index in [1.54, 1.807) is 0 Å². The smallest absolute Gasteiger partial charge is 0.115 e. The molecular formula is C5H9ClN2. The third-order valence-electron chi connectivity index (χ3n) is 0.467. The van der Waals surface area contributed by atoms with Gasteiger partial charge in [0.1, 0.15) is 12.3 Å². The Kier molecular flexibility index (Phi) is 4.56. The molecule has 8 heavy (non-hydrogen) atoms. The highest BCUT2D eigenvalue weighted by Gasteiger charge is 1.69. The molecule has 0 bridgehead atoms. The first-order chi connectivity index (χ1) is 3.77. The molecule has 0 radical (unpaired) electrons. The molecule has 46 valence electrons. The first-order valence-corrected chi connectivity index (χ1v) is 2.86. The van der Waals surface area contributed by atoms with Crippen molar-refractivity contribution in [2.24, 2.45) is 9.98 Å². The van der Waals surface area contributed by atoms with Crippen LogP contribution in [-0.4, -0.2) is 18.1 Å². The lowest BCUT2D eigenvalue weighted by atomic mass is 10.5. The maximum atomic E-state index is 5.22. The van der Waals surface area contributed by atoms with Crippen LogP contribution in [0.25, 0.3) is 0 Å². The largest absolute Gasteiger partial charge is 0.257 e. The second-order valence-electron chi connectivity index (χ2n) is 1.49. The molecule has 0 rings (SSSR count). The normalized spacial score (nSPS) is 9.88. The number of halogens is 1. The van der Waals surface area contributed by atoms with Gasteiger partial charge in [0, 0.05) is 5.71 Å². The van der Waals surface area contributed by atoms with Crippen LogP contribution in [0.2, 0.25) is 0 Å². The Morgan fingerprint density at radius 3 is 2.62 bits per heavy atom. The van der Waals surface area contributed by atoms with Crippen LogP contribution in [0.3, 0.4) is 0 Å². The number of nitrogens with zero attached hydrogens (tertiary/aromatic N) is 2. The molecule has 0 atom stereocenters.